The third-order valence-corrected chi connectivity index (χ3v) is 2.06. The number of carboxylic acids is 1. The number of para-hydroxylation sites is 1. The monoisotopic (exact) mass is 193 g/mol. The summed E-state index contributed by atoms with van der Waals surface area (Å²) in [4.78, 5) is 10.5. The maximum atomic E-state index is 10.5. The van der Waals surface area contributed by atoms with Crippen LogP contribution in [-0.4, -0.2) is 17.1 Å². The van der Waals surface area contributed by atoms with Gasteiger partial charge in [0.05, 0.1) is 6.42 Å². The quantitative estimate of drug-likeness (QED) is 0.754. The number of anilines is 1. The first-order valence-corrected chi connectivity index (χ1v) is 4.75. The standard InChI is InChI=1S/C11H15NO2/c1-2-9(8-11(13)14)12-10-6-4-3-5-7-10/h3-7,9,12H,2,8H2,1H3,(H,13,14)/t9-/m0/s1. The first kappa shape index (κ1) is 10.6. The van der Waals surface area contributed by atoms with E-state index in [4.69, 9.17) is 5.11 Å². The molecule has 0 aliphatic rings. The summed E-state index contributed by atoms with van der Waals surface area (Å²) < 4.78 is 0. The van der Waals surface area contributed by atoms with Crippen LogP contribution in [0.4, 0.5) is 5.69 Å². The van der Waals surface area contributed by atoms with E-state index in [0.29, 0.717) is 0 Å². The lowest BCUT2D eigenvalue weighted by Gasteiger charge is -2.15. The van der Waals surface area contributed by atoms with Crippen LogP contribution in [0.25, 0.3) is 0 Å². The molecule has 0 aliphatic carbocycles. The summed E-state index contributed by atoms with van der Waals surface area (Å²) in [5.41, 5.74) is 0.973. The molecule has 0 bridgehead atoms. The molecule has 3 heteroatoms. The summed E-state index contributed by atoms with van der Waals surface area (Å²) >= 11 is 0. The van der Waals surface area contributed by atoms with Crippen LogP contribution in [0.15, 0.2) is 30.3 Å². The van der Waals surface area contributed by atoms with Crippen molar-refractivity contribution in [3.63, 3.8) is 0 Å². The number of aliphatic carboxylic acids is 1. The summed E-state index contributed by atoms with van der Waals surface area (Å²) in [6, 6.07) is 9.67. The fraction of sp³-hybridized carbons (Fsp3) is 0.364. The Hall–Kier alpha value is -1.51. The fourth-order valence-corrected chi connectivity index (χ4v) is 1.28. The second-order valence-corrected chi connectivity index (χ2v) is 3.21. The Labute approximate surface area is 83.8 Å². The molecule has 0 radical (unpaired) electrons. The van der Waals surface area contributed by atoms with Crippen molar-refractivity contribution in [2.45, 2.75) is 25.8 Å². The van der Waals surface area contributed by atoms with E-state index in [1.165, 1.54) is 0 Å². The van der Waals surface area contributed by atoms with Gasteiger partial charge in [0.2, 0.25) is 0 Å². The van der Waals surface area contributed by atoms with Crippen molar-refractivity contribution in [2.75, 3.05) is 5.32 Å². The first-order chi connectivity index (χ1) is 6.72. The minimum atomic E-state index is -0.764. The smallest absolute Gasteiger partial charge is 0.305 e. The predicted octanol–water partition coefficient (Wildman–Crippen LogP) is 2.35. The molecule has 1 aromatic rings. The molecular formula is C11H15NO2. The largest absolute Gasteiger partial charge is 0.481 e. The van der Waals surface area contributed by atoms with Crippen LogP contribution in [-0.2, 0) is 4.79 Å². The average molecular weight is 193 g/mol. The zero-order chi connectivity index (χ0) is 10.4. The Morgan fingerprint density at radius 3 is 2.57 bits per heavy atom. The van der Waals surface area contributed by atoms with Crippen molar-refractivity contribution in [3.05, 3.63) is 30.3 Å². The third-order valence-electron chi connectivity index (χ3n) is 2.06. The van der Waals surface area contributed by atoms with Gasteiger partial charge >= 0.3 is 5.97 Å². The molecule has 0 fully saturated rings. The molecule has 1 aromatic carbocycles. The van der Waals surface area contributed by atoms with E-state index in [0.717, 1.165) is 12.1 Å². The molecule has 14 heavy (non-hydrogen) atoms. The summed E-state index contributed by atoms with van der Waals surface area (Å²) in [6.07, 6.45) is 0.965. The van der Waals surface area contributed by atoms with Gasteiger partial charge < -0.3 is 10.4 Å². The Balaban J connectivity index is 2.53. The molecule has 0 amide bonds. The average Bonchev–Trinajstić information content (AvgIpc) is 2.17. The second-order valence-electron chi connectivity index (χ2n) is 3.21. The van der Waals surface area contributed by atoms with E-state index in [1.807, 2.05) is 37.3 Å². The van der Waals surface area contributed by atoms with Gasteiger partial charge in [0.25, 0.3) is 0 Å². The molecule has 0 unspecified atom stereocenters. The molecule has 0 heterocycles. The number of benzene rings is 1. The molecule has 1 atom stereocenters. The number of rotatable bonds is 5. The zero-order valence-corrected chi connectivity index (χ0v) is 8.23. The van der Waals surface area contributed by atoms with Crippen molar-refractivity contribution in [1.29, 1.82) is 0 Å². The fourth-order valence-electron chi connectivity index (χ4n) is 1.28. The van der Waals surface area contributed by atoms with Crippen LogP contribution >= 0.6 is 0 Å². The molecule has 0 aliphatic heterocycles. The van der Waals surface area contributed by atoms with Crippen molar-refractivity contribution in [3.8, 4) is 0 Å². The van der Waals surface area contributed by atoms with Gasteiger partial charge in [-0.25, -0.2) is 0 Å². The van der Waals surface area contributed by atoms with Gasteiger partial charge in [0.1, 0.15) is 0 Å². The van der Waals surface area contributed by atoms with Crippen LogP contribution in [0.1, 0.15) is 19.8 Å². The lowest BCUT2D eigenvalue weighted by atomic mass is 10.1. The van der Waals surface area contributed by atoms with Crippen molar-refractivity contribution < 1.29 is 9.90 Å². The molecule has 0 saturated carbocycles. The lowest BCUT2D eigenvalue weighted by Crippen LogP contribution is -2.22. The van der Waals surface area contributed by atoms with Gasteiger partial charge in [-0.1, -0.05) is 25.1 Å². The van der Waals surface area contributed by atoms with Gasteiger partial charge in [0, 0.05) is 11.7 Å². The van der Waals surface area contributed by atoms with Gasteiger partial charge in [-0.2, -0.15) is 0 Å². The number of hydrogen-bond acceptors (Lipinski definition) is 2. The summed E-state index contributed by atoms with van der Waals surface area (Å²) in [5, 5.41) is 11.8. The van der Waals surface area contributed by atoms with Gasteiger partial charge in [-0.3, -0.25) is 4.79 Å². The highest BCUT2D eigenvalue weighted by molar-refractivity contribution is 5.68. The second kappa shape index (κ2) is 5.27. The minimum Gasteiger partial charge on any atom is -0.481 e. The molecule has 76 valence electrons. The first-order valence-electron chi connectivity index (χ1n) is 4.75. The van der Waals surface area contributed by atoms with E-state index >= 15 is 0 Å². The van der Waals surface area contributed by atoms with Crippen molar-refractivity contribution in [2.24, 2.45) is 0 Å². The maximum Gasteiger partial charge on any atom is 0.305 e. The highest BCUT2D eigenvalue weighted by atomic mass is 16.4. The highest BCUT2D eigenvalue weighted by Crippen LogP contribution is 2.10. The number of nitrogens with one attached hydrogen (secondary N) is 1. The number of carboxylic acid groups (broad SMARTS) is 1. The van der Waals surface area contributed by atoms with E-state index in [-0.39, 0.29) is 12.5 Å². The highest BCUT2D eigenvalue weighted by Gasteiger charge is 2.09. The Kier molecular flexibility index (Phi) is 3.98. The summed E-state index contributed by atoms with van der Waals surface area (Å²) in [6.45, 7) is 1.98. The van der Waals surface area contributed by atoms with E-state index in [1.54, 1.807) is 0 Å². The normalized spacial score (nSPS) is 12.1. The third kappa shape index (κ3) is 3.47. The van der Waals surface area contributed by atoms with Crippen molar-refractivity contribution in [1.82, 2.24) is 0 Å². The zero-order valence-electron chi connectivity index (χ0n) is 8.23. The SMILES string of the molecule is CC[C@@H](CC(=O)O)Nc1ccccc1. The molecular weight excluding hydrogens is 178 g/mol. The van der Waals surface area contributed by atoms with Crippen LogP contribution < -0.4 is 5.32 Å². The number of carbonyl (C=O) groups is 1. The topological polar surface area (TPSA) is 49.3 Å². The van der Waals surface area contributed by atoms with E-state index < -0.39 is 5.97 Å². The van der Waals surface area contributed by atoms with Crippen molar-refractivity contribution >= 4 is 11.7 Å². The van der Waals surface area contributed by atoms with Crippen LogP contribution in [0.2, 0.25) is 0 Å². The van der Waals surface area contributed by atoms with Crippen LogP contribution in [0.5, 0.6) is 0 Å². The lowest BCUT2D eigenvalue weighted by molar-refractivity contribution is -0.137. The number of hydrogen-bond donors (Lipinski definition) is 2. The molecule has 1 rings (SSSR count). The van der Waals surface area contributed by atoms with Gasteiger partial charge in [-0.05, 0) is 18.6 Å². The molecule has 0 aromatic heterocycles. The van der Waals surface area contributed by atoms with Crippen LogP contribution in [0.3, 0.4) is 0 Å². The Morgan fingerprint density at radius 2 is 2.07 bits per heavy atom. The minimum absolute atomic E-state index is 0.00917. The summed E-state index contributed by atoms with van der Waals surface area (Å²) in [5.74, 6) is -0.764. The Morgan fingerprint density at radius 1 is 1.43 bits per heavy atom. The van der Waals surface area contributed by atoms with E-state index in [9.17, 15) is 4.79 Å². The van der Waals surface area contributed by atoms with Gasteiger partial charge in [-0.15, -0.1) is 0 Å². The maximum absolute atomic E-state index is 10.5. The molecule has 3 nitrogen and oxygen atoms in total. The predicted molar refractivity (Wildman–Crippen MR) is 56.4 cm³/mol. The van der Waals surface area contributed by atoms with Gasteiger partial charge in [0.15, 0.2) is 0 Å². The molecule has 0 saturated heterocycles. The van der Waals surface area contributed by atoms with E-state index in [2.05, 4.69) is 5.32 Å². The molecule has 2 N–H and O–H groups in total. The summed E-state index contributed by atoms with van der Waals surface area (Å²) in [7, 11) is 0. The Bertz CT molecular complexity index is 285. The van der Waals surface area contributed by atoms with Crippen LogP contribution in [0, 0.1) is 0 Å². The molecule has 0 spiro atoms.